The molecule has 0 heterocycles. The molecule has 0 nitrogen and oxygen atoms in total. The minimum absolute atomic E-state index is 0. The first-order chi connectivity index (χ1) is 0. The van der Waals surface area contributed by atoms with Gasteiger partial charge in [0, 0.05) is 52.6 Å². The van der Waals surface area contributed by atoms with Crippen molar-refractivity contribution in [3.05, 3.63) is 0 Å². The number of hydrogen-bond acceptors (Lipinski definition) is 0. The Bertz CT molecular complexity index is 8.00. The van der Waals surface area contributed by atoms with E-state index in [-0.39, 0.29) is 66.1 Å². The maximum Gasteiger partial charge on any atom is 0 e. The summed E-state index contributed by atoms with van der Waals surface area (Å²) in [6.45, 7) is 0. The SMILES string of the molecule is S.[As].[Ge].[Se]. The Morgan fingerprint density at radius 1 is 1.00 bits per heavy atom. The Balaban J connectivity index is 0. The van der Waals surface area contributed by atoms with E-state index in [9.17, 15) is 0 Å². The molecule has 9 radical (unpaired) electrons. The first-order valence-electron chi connectivity index (χ1n) is 0. The summed E-state index contributed by atoms with van der Waals surface area (Å²) in [5, 5.41) is 0. The summed E-state index contributed by atoms with van der Waals surface area (Å²) in [7, 11) is 0. The average molecular weight is 261 g/mol. The van der Waals surface area contributed by atoms with E-state index in [0.29, 0.717) is 0 Å². The second-order valence-corrected chi connectivity index (χ2v) is 0. The molecule has 0 rings (SSSR count). The number of hydrogen-bond donors (Lipinski definition) is 0. The first-order valence-corrected chi connectivity index (χ1v) is 0. The van der Waals surface area contributed by atoms with Crippen molar-refractivity contribution >= 4 is 66.1 Å². The van der Waals surface area contributed by atoms with Crippen LogP contribution in [0.15, 0.2) is 0 Å². The van der Waals surface area contributed by atoms with E-state index in [4.69, 9.17) is 0 Å². The summed E-state index contributed by atoms with van der Waals surface area (Å²) >= 11 is 0. The Kier molecular flexibility index (Phi) is 192. The molecule has 0 aliphatic heterocycles. The van der Waals surface area contributed by atoms with Gasteiger partial charge in [0.05, 0.1) is 0 Å². The Hall–Kier alpha value is 1.97. The van der Waals surface area contributed by atoms with Gasteiger partial charge in [-0.1, -0.05) is 0 Å². The fourth-order valence-corrected chi connectivity index (χ4v) is 0. The van der Waals surface area contributed by atoms with E-state index in [0.717, 1.165) is 0 Å². The molecular formula is H2AsGeSSe. The van der Waals surface area contributed by atoms with Crippen molar-refractivity contribution in [2.75, 3.05) is 0 Å². The van der Waals surface area contributed by atoms with Gasteiger partial charge in [-0.15, -0.1) is 0 Å². The van der Waals surface area contributed by atoms with Gasteiger partial charge in [0.25, 0.3) is 0 Å². The second-order valence-electron chi connectivity index (χ2n) is 0. The molecule has 0 aromatic heterocycles. The van der Waals surface area contributed by atoms with Crippen LogP contribution < -0.4 is 0 Å². The minimum Gasteiger partial charge on any atom is -0.197 e. The fraction of sp³-hybridized carbons (Fsp3) is 0. The second kappa shape index (κ2) is 20.2. The zero-order valence-corrected chi connectivity index (χ0v) is 8.54. The molecule has 0 amide bonds. The summed E-state index contributed by atoms with van der Waals surface area (Å²) in [5.74, 6) is 0. The molecule has 4 heavy (non-hydrogen) atoms. The molecular weight excluding hydrogens is 259 g/mol. The molecule has 4 heteroatoms. The molecule has 0 saturated carbocycles. The Morgan fingerprint density at radius 2 is 1.00 bits per heavy atom. The van der Waals surface area contributed by atoms with Crippen molar-refractivity contribution in [3.63, 3.8) is 0 Å². The Labute approximate surface area is 65.7 Å². The molecule has 0 unspecified atom stereocenters. The van der Waals surface area contributed by atoms with E-state index in [1.807, 2.05) is 0 Å². The normalized spacial score (nSPS) is 0. The molecule has 0 saturated heterocycles. The third-order valence-electron chi connectivity index (χ3n) is 0. The van der Waals surface area contributed by atoms with Gasteiger partial charge in [0.15, 0.2) is 0 Å². The molecule has 0 aliphatic carbocycles. The van der Waals surface area contributed by atoms with E-state index in [2.05, 4.69) is 0 Å². The van der Waals surface area contributed by atoms with Crippen LogP contribution in [0.1, 0.15) is 0 Å². The van der Waals surface area contributed by atoms with Crippen LogP contribution in [0.25, 0.3) is 0 Å². The van der Waals surface area contributed by atoms with Crippen molar-refractivity contribution in [2.24, 2.45) is 0 Å². The maximum atomic E-state index is 0. The predicted octanol–water partition coefficient (Wildman–Crippen LogP) is -1.03. The molecule has 0 atom stereocenters. The molecule has 0 aromatic carbocycles. The van der Waals surface area contributed by atoms with Gasteiger partial charge >= 0.3 is 0 Å². The van der Waals surface area contributed by atoms with Gasteiger partial charge in [-0.3, -0.25) is 0 Å². The van der Waals surface area contributed by atoms with Crippen LogP contribution in [-0.2, 0) is 0 Å². The van der Waals surface area contributed by atoms with Gasteiger partial charge in [0.2, 0.25) is 0 Å². The molecule has 0 bridgehead atoms. The standard InChI is InChI=1S/As.Ge.H2S.Se/h;;1H2;. The molecule has 0 fully saturated rings. The predicted molar refractivity (Wildman–Crippen MR) is 27.6 cm³/mol. The van der Waals surface area contributed by atoms with Gasteiger partial charge in [0.1, 0.15) is 0 Å². The third-order valence-corrected chi connectivity index (χ3v) is 0. The zero-order valence-electron chi connectivity index (χ0n) is 1.86. The minimum atomic E-state index is 0. The van der Waals surface area contributed by atoms with E-state index < -0.39 is 0 Å². The fourth-order valence-electron chi connectivity index (χ4n) is 0. The van der Waals surface area contributed by atoms with E-state index in [1.165, 1.54) is 0 Å². The van der Waals surface area contributed by atoms with Crippen LogP contribution in [0.3, 0.4) is 0 Å². The van der Waals surface area contributed by atoms with E-state index >= 15 is 0 Å². The summed E-state index contributed by atoms with van der Waals surface area (Å²) in [6, 6.07) is 0. The van der Waals surface area contributed by atoms with Gasteiger partial charge in [-0.25, -0.2) is 0 Å². The topological polar surface area (TPSA) is 0 Å². The van der Waals surface area contributed by atoms with Crippen molar-refractivity contribution in [1.29, 1.82) is 0 Å². The van der Waals surface area contributed by atoms with Gasteiger partial charge in [-0.2, -0.15) is 13.5 Å². The van der Waals surface area contributed by atoms with Crippen LogP contribution in [0.2, 0.25) is 0 Å². The smallest absolute Gasteiger partial charge is 0 e. The van der Waals surface area contributed by atoms with Gasteiger partial charge in [-0.05, 0) is 0 Å². The molecule has 23 valence electrons. The molecule has 0 aliphatic rings. The number of rotatable bonds is 0. The summed E-state index contributed by atoms with van der Waals surface area (Å²) in [4.78, 5) is 0. The molecule has 0 aromatic rings. The Morgan fingerprint density at radius 3 is 1.00 bits per heavy atom. The molecule has 0 spiro atoms. The zero-order chi connectivity index (χ0) is 0. The van der Waals surface area contributed by atoms with E-state index in [1.54, 1.807) is 0 Å². The third kappa shape index (κ3) is 9.02. The van der Waals surface area contributed by atoms with Gasteiger partial charge < -0.3 is 0 Å². The van der Waals surface area contributed by atoms with Crippen molar-refractivity contribution in [3.8, 4) is 0 Å². The van der Waals surface area contributed by atoms with Crippen LogP contribution in [0.4, 0.5) is 0 Å². The average Bonchev–Trinajstić information content (AvgIpc) is 0. The van der Waals surface area contributed by atoms with Crippen molar-refractivity contribution in [2.45, 2.75) is 0 Å². The quantitative estimate of drug-likeness (QED) is 0.489. The summed E-state index contributed by atoms with van der Waals surface area (Å²) < 4.78 is 0. The molecule has 0 N–H and O–H groups in total. The largest absolute Gasteiger partial charge is 0.197 e. The van der Waals surface area contributed by atoms with Crippen LogP contribution in [-0.4, -0.2) is 52.6 Å². The summed E-state index contributed by atoms with van der Waals surface area (Å²) in [6.07, 6.45) is 0. The monoisotopic (exact) mass is 263 g/mol. The van der Waals surface area contributed by atoms with Crippen LogP contribution >= 0.6 is 13.5 Å². The summed E-state index contributed by atoms with van der Waals surface area (Å²) in [5.41, 5.74) is 0. The van der Waals surface area contributed by atoms with Crippen molar-refractivity contribution < 1.29 is 0 Å². The van der Waals surface area contributed by atoms with Crippen molar-refractivity contribution in [1.82, 2.24) is 0 Å². The van der Waals surface area contributed by atoms with Crippen LogP contribution in [0, 0.1) is 0 Å². The first kappa shape index (κ1) is 38.0. The maximum absolute atomic E-state index is 0. The van der Waals surface area contributed by atoms with Crippen LogP contribution in [0.5, 0.6) is 0 Å².